The summed E-state index contributed by atoms with van der Waals surface area (Å²) in [6.07, 6.45) is 2.38. The van der Waals surface area contributed by atoms with E-state index in [1.165, 1.54) is 6.07 Å². The summed E-state index contributed by atoms with van der Waals surface area (Å²) in [5.41, 5.74) is -0.607. The summed E-state index contributed by atoms with van der Waals surface area (Å²) < 4.78 is 45.7. The second kappa shape index (κ2) is 9.44. The van der Waals surface area contributed by atoms with Gasteiger partial charge in [0.25, 0.3) is 0 Å². The predicted octanol–water partition coefficient (Wildman–Crippen LogP) is 2.31. The van der Waals surface area contributed by atoms with Crippen LogP contribution in [0.4, 0.5) is 5.69 Å². The molecule has 2 unspecified atom stereocenters. The number of anilines is 1. The van der Waals surface area contributed by atoms with Crippen molar-refractivity contribution < 1.29 is 32.2 Å². The highest BCUT2D eigenvalue weighted by molar-refractivity contribution is 7.89. The van der Waals surface area contributed by atoms with E-state index in [1.807, 2.05) is 31.1 Å². The lowest BCUT2D eigenvalue weighted by Crippen LogP contribution is -2.44. The Morgan fingerprint density at radius 1 is 1.03 bits per heavy atom. The average molecular weight is 501 g/mol. The molecule has 2 atom stereocenters. The Morgan fingerprint density at radius 3 is 2.37 bits per heavy atom. The molecule has 0 saturated carbocycles. The SMILES string of the molecule is CCOC(=O)C1=C(C(=O)OCC)C2(CNS(=O)(=O)c3cccc4c(N(C)C)cccc34)C=CC1O2. The zero-order chi connectivity index (χ0) is 25.4. The number of hydrogen-bond donors (Lipinski definition) is 1. The van der Waals surface area contributed by atoms with E-state index in [-0.39, 0.29) is 35.8 Å². The van der Waals surface area contributed by atoms with Crippen LogP contribution >= 0.6 is 0 Å². The molecule has 2 aliphatic rings. The van der Waals surface area contributed by atoms with Crippen molar-refractivity contribution in [2.24, 2.45) is 0 Å². The van der Waals surface area contributed by atoms with Gasteiger partial charge in [-0.3, -0.25) is 0 Å². The van der Waals surface area contributed by atoms with Crippen LogP contribution in [0.3, 0.4) is 0 Å². The van der Waals surface area contributed by atoms with Crippen LogP contribution in [0.15, 0.2) is 64.6 Å². The fraction of sp³-hybridized carbons (Fsp3) is 0.360. The second-order valence-corrected chi connectivity index (χ2v) is 10.1. The molecule has 2 bridgehead atoms. The molecule has 0 aromatic heterocycles. The molecule has 4 rings (SSSR count). The Balaban J connectivity index is 1.71. The maximum absolute atomic E-state index is 13.4. The Labute approximate surface area is 204 Å². The number of carbonyl (C=O) groups is 2. The molecular formula is C25H28N2O7S. The van der Waals surface area contributed by atoms with Crippen LogP contribution in [0.5, 0.6) is 0 Å². The molecule has 0 amide bonds. The minimum Gasteiger partial charge on any atom is -0.463 e. The molecule has 0 radical (unpaired) electrons. The van der Waals surface area contributed by atoms with Crippen LogP contribution in [0, 0.1) is 0 Å². The zero-order valence-electron chi connectivity index (χ0n) is 20.0. The maximum Gasteiger partial charge on any atom is 0.338 e. The van der Waals surface area contributed by atoms with E-state index in [9.17, 15) is 18.0 Å². The van der Waals surface area contributed by atoms with Crippen molar-refractivity contribution in [3.8, 4) is 0 Å². The van der Waals surface area contributed by atoms with Gasteiger partial charge in [0, 0.05) is 37.1 Å². The van der Waals surface area contributed by atoms with Gasteiger partial charge in [0.05, 0.1) is 29.3 Å². The summed E-state index contributed by atoms with van der Waals surface area (Å²) in [5.74, 6) is -1.44. The summed E-state index contributed by atoms with van der Waals surface area (Å²) in [7, 11) is -0.255. The van der Waals surface area contributed by atoms with Crippen molar-refractivity contribution in [3.63, 3.8) is 0 Å². The Morgan fingerprint density at radius 2 is 1.69 bits per heavy atom. The highest BCUT2D eigenvalue weighted by Gasteiger charge is 2.55. The van der Waals surface area contributed by atoms with E-state index in [2.05, 4.69) is 4.72 Å². The molecule has 1 N–H and O–H groups in total. The van der Waals surface area contributed by atoms with E-state index in [1.54, 1.807) is 44.2 Å². The smallest absolute Gasteiger partial charge is 0.338 e. The summed E-state index contributed by atoms with van der Waals surface area (Å²) >= 11 is 0. The second-order valence-electron chi connectivity index (χ2n) is 8.36. The molecule has 2 aromatic rings. The van der Waals surface area contributed by atoms with Gasteiger partial charge in [0.1, 0.15) is 11.7 Å². The first kappa shape index (κ1) is 24.9. The Kier molecular flexibility index (Phi) is 6.72. The van der Waals surface area contributed by atoms with Gasteiger partial charge in [0.2, 0.25) is 10.0 Å². The lowest BCUT2D eigenvalue weighted by molar-refractivity contribution is -0.142. The number of carbonyl (C=O) groups excluding carboxylic acids is 2. The first-order chi connectivity index (χ1) is 16.6. The summed E-state index contributed by atoms with van der Waals surface area (Å²) in [5, 5.41) is 1.34. The minimum atomic E-state index is -4.03. The van der Waals surface area contributed by atoms with Gasteiger partial charge in [-0.2, -0.15) is 0 Å². The molecule has 186 valence electrons. The average Bonchev–Trinajstić information content (AvgIpc) is 3.39. The molecule has 2 aromatic carbocycles. The van der Waals surface area contributed by atoms with E-state index < -0.39 is 33.7 Å². The monoisotopic (exact) mass is 500 g/mol. The first-order valence-electron chi connectivity index (χ1n) is 11.3. The fourth-order valence-electron chi connectivity index (χ4n) is 4.49. The van der Waals surface area contributed by atoms with Crippen molar-refractivity contribution >= 4 is 38.4 Å². The summed E-state index contributed by atoms with van der Waals surface area (Å²) in [6.45, 7) is 3.19. The van der Waals surface area contributed by atoms with E-state index in [0.29, 0.717) is 5.39 Å². The van der Waals surface area contributed by atoms with Crippen LogP contribution in [-0.2, 0) is 33.8 Å². The van der Waals surface area contributed by atoms with Crippen LogP contribution in [0.2, 0.25) is 0 Å². The molecule has 0 saturated heterocycles. The lowest BCUT2D eigenvalue weighted by Gasteiger charge is -2.26. The fourth-order valence-corrected chi connectivity index (χ4v) is 5.77. The number of esters is 2. The van der Waals surface area contributed by atoms with Crippen molar-refractivity contribution in [3.05, 3.63) is 59.7 Å². The van der Waals surface area contributed by atoms with E-state index in [4.69, 9.17) is 14.2 Å². The van der Waals surface area contributed by atoms with Gasteiger partial charge in [-0.1, -0.05) is 30.3 Å². The quantitative estimate of drug-likeness (QED) is 0.413. The third-order valence-electron chi connectivity index (χ3n) is 5.98. The first-order valence-corrected chi connectivity index (χ1v) is 12.8. The van der Waals surface area contributed by atoms with Crippen LogP contribution in [0.1, 0.15) is 13.8 Å². The molecular weight excluding hydrogens is 472 g/mol. The number of sulfonamides is 1. The van der Waals surface area contributed by atoms with Gasteiger partial charge < -0.3 is 19.1 Å². The summed E-state index contributed by atoms with van der Waals surface area (Å²) in [6, 6.07) is 10.5. The van der Waals surface area contributed by atoms with Crippen LogP contribution < -0.4 is 9.62 Å². The molecule has 9 nitrogen and oxygen atoms in total. The standard InChI is InChI=1S/C25H28N2O7S/c1-5-32-23(28)21-19-13-14-25(34-19,22(21)24(29)33-6-2)15-26-35(30,31)20-12-8-9-16-17(20)10-7-11-18(16)27(3)4/h7-14,19,26H,5-6,15H2,1-4H3. The van der Waals surface area contributed by atoms with Crippen LogP contribution in [0.25, 0.3) is 10.8 Å². The van der Waals surface area contributed by atoms with Gasteiger partial charge in [-0.05, 0) is 32.1 Å². The van der Waals surface area contributed by atoms with Crippen molar-refractivity contribution in [2.75, 3.05) is 38.8 Å². The molecule has 2 heterocycles. The molecule has 35 heavy (non-hydrogen) atoms. The number of ether oxygens (including phenoxy) is 3. The van der Waals surface area contributed by atoms with Gasteiger partial charge in [0.15, 0.2) is 0 Å². The zero-order valence-corrected chi connectivity index (χ0v) is 20.8. The molecule has 0 fully saturated rings. The number of hydrogen-bond acceptors (Lipinski definition) is 8. The normalized spacial score (nSPS) is 21.0. The van der Waals surface area contributed by atoms with Crippen molar-refractivity contribution in [2.45, 2.75) is 30.4 Å². The maximum atomic E-state index is 13.4. The van der Waals surface area contributed by atoms with Gasteiger partial charge in [-0.15, -0.1) is 0 Å². The molecule has 10 heteroatoms. The summed E-state index contributed by atoms with van der Waals surface area (Å²) in [4.78, 5) is 27.5. The highest BCUT2D eigenvalue weighted by Crippen LogP contribution is 2.44. The lowest BCUT2D eigenvalue weighted by atomic mass is 9.87. The van der Waals surface area contributed by atoms with Crippen molar-refractivity contribution in [1.29, 1.82) is 0 Å². The number of nitrogens with one attached hydrogen (secondary N) is 1. The predicted molar refractivity (Wildman–Crippen MR) is 130 cm³/mol. The molecule has 0 aliphatic carbocycles. The van der Waals surface area contributed by atoms with Crippen LogP contribution in [-0.4, -0.2) is 65.9 Å². The number of rotatable bonds is 9. The Bertz CT molecular complexity index is 1350. The van der Waals surface area contributed by atoms with Crippen molar-refractivity contribution in [1.82, 2.24) is 4.72 Å². The number of nitrogens with zero attached hydrogens (tertiary/aromatic N) is 1. The third kappa shape index (κ3) is 4.33. The number of fused-ring (bicyclic) bond motifs is 3. The van der Waals surface area contributed by atoms with Gasteiger partial charge in [-0.25, -0.2) is 22.7 Å². The minimum absolute atomic E-state index is 0.0350. The number of benzene rings is 2. The molecule has 0 spiro atoms. The van der Waals surface area contributed by atoms with E-state index in [0.717, 1.165) is 11.1 Å². The van der Waals surface area contributed by atoms with E-state index >= 15 is 0 Å². The Hall–Kier alpha value is -3.21. The van der Waals surface area contributed by atoms with Gasteiger partial charge >= 0.3 is 11.9 Å². The third-order valence-corrected chi connectivity index (χ3v) is 7.44. The largest absolute Gasteiger partial charge is 0.463 e. The molecule has 2 aliphatic heterocycles. The highest BCUT2D eigenvalue weighted by atomic mass is 32.2. The topological polar surface area (TPSA) is 111 Å².